The molecular formula is C15H25NO2. The molecule has 2 N–H and O–H groups in total. The molecule has 1 aromatic rings. The normalized spacial score (nSPS) is 12.4. The molecule has 18 heavy (non-hydrogen) atoms. The van der Waals surface area contributed by atoms with Gasteiger partial charge in [-0.1, -0.05) is 26.0 Å². The smallest absolute Gasteiger partial charge is 0.119 e. The average Bonchev–Trinajstić information content (AvgIpc) is 2.42. The van der Waals surface area contributed by atoms with Crippen LogP contribution in [-0.2, 0) is 0 Å². The van der Waals surface area contributed by atoms with Gasteiger partial charge < -0.3 is 15.2 Å². The molecule has 0 spiro atoms. The van der Waals surface area contributed by atoms with Gasteiger partial charge in [-0.2, -0.15) is 0 Å². The van der Waals surface area contributed by atoms with E-state index >= 15 is 0 Å². The van der Waals surface area contributed by atoms with Crippen molar-refractivity contribution in [1.29, 1.82) is 0 Å². The first kappa shape index (κ1) is 15.0. The standard InChI is InChI=1S/C15H25NO2/c1-3-13(2)14-5-7-15(8-6-14)18-12-4-9-16-10-11-17/h5-8,13,16-17H,3-4,9-12H2,1-2H3/t13-/m0/s1. The van der Waals surface area contributed by atoms with Crippen LogP contribution in [-0.4, -0.2) is 31.4 Å². The Labute approximate surface area is 110 Å². The van der Waals surface area contributed by atoms with Gasteiger partial charge in [0, 0.05) is 6.54 Å². The molecule has 1 rings (SSSR count). The lowest BCUT2D eigenvalue weighted by Crippen LogP contribution is -2.20. The molecule has 0 fully saturated rings. The fraction of sp³-hybridized carbons (Fsp3) is 0.600. The van der Waals surface area contributed by atoms with Crippen LogP contribution in [0, 0.1) is 0 Å². The van der Waals surface area contributed by atoms with Crippen molar-refractivity contribution in [3.05, 3.63) is 29.8 Å². The predicted molar refractivity (Wildman–Crippen MR) is 75.2 cm³/mol. The van der Waals surface area contributed by atoms with Gasteiger partial charge >= 0.3 is 0 Å². The third-order valence-corrected chi connectivity index (χ3v) is 3.12. The lowest BCUT2D eigenvalue weighted by Gasteiger charge is -2.11. The Balaban J connectivity index is 2.22. The van der Waals surface area contributed by atoms with Crippen molar-refractivity contribution < 1.29 is 9.84 Å². The number of rotatable bonds is 9. The summed E-state index contributed by atoms with van der Waals surface area (Å²) in [6.45, 7) is 6.88. The minimum absolute atomic E-state index is 0.192. The molecule has 3 heteroatoms. The number of hydrogen-bond donors (Lipinski definition) is 2. The van der Waals surface area contributed by atoms with E-state index in [9.17, 15) is 0 Å². The molecular weight excluding hydrogens is 226 g/mol. The highest BCUT2D eigenvalue weighted by atomic mass is 16.5. The summed E-state index contributed by atoms with van der Waals surface area (Å²) in [5.74, 6) is 1.55. The first-order valence-corrected chi connectivity index (χ1v) is 6.82. The molecule has 0 aromatic heterocycles. The monoisotopic (exact) mass is 251 g/mol. The highest BCUT2D eigenvalue weighted by Gasteiger charge is 2.02. The minimum Gasteiger partial charge on any atom is -0.494 e. The third-order valence-electron chi connectivity index (χ3n) is 3.12. The Kier molecular flexibility index (Phi) is 7.46. The van der Waals surface area contributed by atoms with Crippen LogP contribution in [0.4, 0.5) is 0 Å². The van der Waals surface area contributed by atoms with Crippen LogP contribution in [0.25, 0.3) is 0 Å². The molecule has 3 nitrogen and oxygen atoms in total. The highest BCUT2D eigenvalue weighted by molar-refractivity contribution is 5.29. The van der Waals surface area contributed by atoms with Gasteiger partial charge in [-0.05, 0) is 43.0 Å². The van der Waals surface area contributed by atoms with Gasteiger partial charge in [-0.15, -0.1) is 0 Å². The van der Waals surface area contributed by atoms with Crippen LogP contribution < -0.4 is 10.1 Å². The van der Waals surface area contributed by atoms with E-state index in [-0.39, 0.29) is 6.61 Å². The van der Waals surface area contributed by atoms with Crippen LogP contribution in [0.5, 0.6) is 5.75 Å². The van der Waals surface area contributed by atoms with E-state index in [1.807, 2.05) is 12.1 Å². The van der Waals surface area contributed by atoms with Gasteiger partial charge in [-0.25, -0.2) is 0 Å². The van der Waals surface area contributed by atoms with Gasteiger partial charge in [0.1, 0.15) is 5.75 Å². The van der Waals surface area contributed by atoms with Crippen molar-refractivity contribution in [2.75, 3.05) is 26.3 Å². The summed E-state index contributed by atoms with van der Waals surface area (Å²) in [6, 6.07) is 8.38. The van der Waals surface area contributed by atoms with Crippen LogP contribution >= 0.6 is 0 Å². The van der Waals surface area contributed by atoms with E-state index in [1.54, 1.807) is 0 Å². The molecule has 0 radical (unpaired) electrons. The van der Waals surface area contributed by atoms with E-state index in [1.165, 1.54) is 5.56 Å². The van der Waals surface area contributed by atoms with Gasteiger partial charge in [-0.3, -0.25) is 0 Å². The number of aliphatic hydroxyl groups excluding tert-OH is 1. The molecule has 0 unspecified atom stereocenters. The molecule has 0 bridgehead atoms. The molecule has 0 aliphatic rings. The third kappa shape index (κ3) is 5.52. The highest BCUT2D eigenvalue weighted by Crippen LogP contribution is 2.21. The maximum absolute atomic E-state index is 8.60. The zero-order chi connectivity index (χ0) is 13.2. The van der Waals surface area contributed by atoms with Crippen molar-refractivity contribution in [3.8, 4) is 5.75 Å². The predicted octanol–water partition coefficient (Wildman–Crippen LogP) is 2.55. The molecule has 0 heterocycles. The van der Waals surface area contributed by atoms with Crippen LogP contribution in [0.15, 0.2) is 24.3 Å². The fourth-order valence-electron chi connectivity index (χ4n) is 1.72. The maximum Gasteiger partial charge on any atom is 0.119 e. The van der Waals surface area contributed by atoms with Crippen molar-refractivity contribution in [2.45, 2.75) is 32.6 Å². The molecule has 0 saturated carbocycles. The molecule has 0 aliphatic heterocycles. The Morgan fingerprint density at radius 2 is 1.94 bits per heavy atom. The average molecular weight is 251 g/mol. The van der Waals surface area contributed by atoms with Gasteiger partial charge in [0.15, 0.2) is 0 Å². The summed E-state index contributed by atoms with van der Waals surface area (Å²) in [5, 5.41) is 11.7. The summed E-state index contributed by atoms with van der Waals surface area (Å²) in [5.41, 5.74) is 1.37. The number of nitrogens with one attached hydrogen (secondary N) is 1. The van der Waals surface area contributed by atoms with Crippen LogP contribution in [0.1, 0.15) is 38.2 Å². The minimum atomic E-state index is 0.192. The van der Waals surface area contributed by atoms with E-state index in [2.05, 4.69) is 31.3 Å². The first-order valence-electron chi connectivity index (χ1n) is 6.82. The van der Waals surface area contributed by atoms with E-state index < -0.39 is 0 Å². The van der Waals surface area contributed by atoms with Crippen molar-refractivity contribution in [3.63, 3.8) is 0 Å². The fourth-order valence-corrected chi connectivity index (χ4v) is 1.72. The topological polar surface area (TPSA) is 41.5 Å². The second kappa shape index (κ2) is 8.95. The van der Waals surface area contributed by atoms with E-state index in [0.717, 1.165) is 25.1 Å². The number of ether oxygens (including phenoxy) is 1. The Hall–Kier alpha value is -1.06. The quantitative estimate of drug-likeness (QED) is 0.663. The van der Waals surface area contributed by atoms with E-state index in [0.29, 0.717) is 19.1 Å². The second-order valence-corrected chi connectivity index (χ2v) is 4.55. The summed E-state index contributed by atoms with van der Waals surface area (Å²) in [7, 11) is 0. The van der Waals surface area contributed by atoms with Crippen molar-refractivity contribution >= 4 is 0 Å². The zero-order valence-corrected chi connectivity index (χ0v) is 11.5. The summed E-state index contributed by atoms with van der Waals surface area (Å²) < 4.78 is 5.65. The first-order chi connectivity index (χ1) is 8.77. The van der Waals surface area contributed by atoms with Gasteiger partial charge in [0.25, 0.3) is 0 Å². The molecule has 1 atom stereocenters. The molecule has 0 amide bonds. The molecule has 0 aliphatic carbocycles. The Bertz CT molecular complexity index is 311. The lowest BCUT2D eigenvalue weighted by molar-refractivity contribution is 0.282. The van der Waals surface area contributed by atoms with Gasteiger partial charge in [0.05, 0.1) is 13.2 Å². The Morgan fingerprint density at radius 3 is 2.56 bits per heavy atom. The Morgan fingerprint density at radius 1 is 1.22 bits per heavy atom. The summed E-state index contributed by atoms with van der Waals surface area (Å²) in [4.78, 5) is 0. The van der Waals surface area contributed by atoms with Crippen molar-refractivity contribution in [2.24, 2.45) is 0 Å². The lowest BCUT2D eigenvalue weighted by atomic mass is 9.99. The van der Waals surface area contributed by atoms with Crippen LogP contribution in [0.3, 0.4) is 0 Å². The van der Waals surface area contributed by atoms with Crippen LogP contribution in [0.2, 0.25) is 0 Å². The summed E-state index contributed by atoms with van der Waals surface area (Å²) >= 11 is 0. The second-order valence-electron chi connectivity index (χ2n) is 4.55. The summed E-state index contributed by atoms with van der Waals surface area (Å²) in [6.07, 6.45) is 2.11. The molecule has 1 aromatic carbocycles. The number of hydrogen-bond acceptors (Lipinski definition) is 3. The molecule has 0 saturated heterocycles. The maximum atomic E-state index is 8.60. The van der Waals surface area contributed by atoms with E-state index in [4.69, 9.17) is 9.84 Å². The molecule has 102 valence electrons. The number of benzene rings is 1. The van der Waals surface area contributed by atoms with Crippen molar-refractivity contribution in [1.82, 2.24) is 5.32 Å². The largest absolute Gasteiger partial charge is 0.494 e. The zero-order valence-electron chi connectivity index (χ0n) is 11.5. The van der Waals surface area contributed by atoms with Gasteiger partial charge in [0.2, 0.25) is 0 Å². The number of aliphatic hydroxyl groups is 1. The SMILES string of the molecule is CC[C@H](C)c1ccc(OCCCNCCO)cc1.